The van der Waals surface area contributed by atoms with Crippen molar-refractivity contribution in [3.8, 4) is 22.3 Å². The highest BCUT2D eigenvalue weighted by atomic mass is 16.5. The van der Waals surface area contributed by atoms with E-state index in [4.69, 9.17) is 4.74 Å². The van der Waals surface area contributed by atoms with E-state index in [1.807, 2.05) is 60.7 Å². The Morgan fingerprint density at radius 1 is 0.706 bits per heavy atom. The Bertz CT molecular complexity index is 1330. The van der Waals surface area contributed by atoms with Gasteiger partial charge in [0.2, 0.25) is 0 Å². The van der Waals surface area contributed by atoms with Crippen LogP contribution in [0.1, 0.15) is 22.6 Å². The molecule has 0 aromatic heterocycles. The Hall–Kier alpha value is -4.38. The summed E-state index contributed by atoms with van der Waals surface area (Å²) in [5, 5.41) is 12.1. The van der Waals surface area contributed by atoms with Crippen LogP contribution in [-0.2, 0) is 16.0 Å². The van der Waals surface area contributed by atoms with Gasteiger partial charge in [0.1, 0.15) is 6.61 Å². The summed E-state index contributed by atoms with van der Waals surface area (Å²) in [7, 11) is 0. The highest BCUT2D eigenvalue weighted by Crippen LogP contribution is 2.44. The number of anilines is 1. The Morgan fingerprint density at radius 3 is 1.88 bits per heavy atom. The molecule has 0 saturated carbocycles. The predicted molar refractivity (Wildman–Crippen MR) is 132 cm³/mol. The Balaban J connectivity index is 1.35. The lowest BCUT2D eigenvalue weighted by molar-refractivity contribution is -0.136. The van der Waals surface area contributed by atoms with Crippen LogP contribution in [0.15, 0.2) is 97.1 Å². The van der Waals surface area contributed by atoms with E-state index < -0.39 is 12.1 Å². The molecule has 0 atom stereocenters. The van der Waals surface area contributed by atoms with Gasteiger partial charge in [-0.05, 0) is 39.4 Å². The maximum Gasteiger partial charge on any atom is 0.411 e. The predicted octanol–water partition coefficient (Wildman–Crippen LogP) is 6.34. The van der Waals surface area contributed by atoms with Crippen LogP contribution >= 0.6 is 0 Å². The topological polar surface area (TPSA) is 75.6 Å². The smallest absolute Gasteiger partial charge is 0.411 e. The minimum absolute atomic E-state index is 0.0234. The van der Waals surface area contributed by atoms with Crippen LogP contribution in [0.2, 0.25) is 0 Å². The van der Waals surface area contributed by atoms with E-state index in [9.17, 15) is 14.7 Å². The van der Waals surface area contributed by atoms with Gasteiger partial charge in [0.15, 0.2) is 0 Å². The molecule has 5 rings (SSSR count). The zero-order valence-corrected chi connectivity index (χ0v) is 18.4. The molecule has 5 nitrogen and oxygen atoms in total. The standard InChI is InChI=1S/C29H23NO4/c31-28(32)17-19-9-1-2-10-20(19)25-15-7-8-16-27(25)30-29(33)34-18-26-23-13-5-3-11-21(23)22-12-4-6-14-24(22)26/h1-16,26H,17-18H2,(H,30,33)(H,31,32). The van der Waals surface area contributed by atoms with Crippen LogP contribution < -0.4 is 5.32 Å². The number of rotatable bonds is 6. The fourth-order valence-electron chi connectivity index (χ4n) is 4.67. The third-order valence-electron chi connectivity index (χ3n) is 6.16. The lowest BCUT2D eigenvalue weighted by Gasteiger charge is -2.16. The van der Waals surface area contributed by atoms with Crippen LogP contribution in [0.3, 0.4) is 0 Å². The van der Waals surface area contributed by atoms with E-state index in [2.05, 4.69) is 29.6 Å². The summed E-state index contributed by atoms with van der Waals surface area (Å²) in [5.74, 6) is -0.931. The SMILES string of the molecule is O=C(O)Cc1ccccc1-c1ccccc1NC(=O)OCC1c2ccccc2-c2ccccc21. The Labute approximate surface area is 197 Å². The molecule has 168 valence electrons. The number of para-hydroxylation sites is 1. The minimum atomic E-state index is -0.908. The number of fused-ring (bicyclic) bond motifs is 3. The molecule has 0 bridgehead atoms. The van der Waals surface area contributed by atoms with Gasteiger partial charge >= 0.3 is 12.1 Å². The first-order valence-electron chi connectivity index (χ1n) is 11.1. The van der Waals surface area contributed by atoms with Crippen molar-refractivity contribution >= 4 is 17.7 Å². The zero-order valence-electron chi connectivity index (χ0n) is 18.4. The zero-order chi connectivity index (χ0) is 23.5. The highest BCUT2D eigenvalue weighted by molar-refractivity contribution is 5.92. The molecular formula is C29H23NO4. The largest absolute Gasteiger partial charge is 0.481 e. The molecule has 2 N–H and O–H groups in total. The van der Waals surface area contributed by atoms with E-state index in [0.717, 1.165) is 22.3 Å². The number of nitrogens with one attached hydrogen (secondary N) is 1. The van der Waals surface area contributed by atoms with Crippen molar-refractivity contribution in [3.63, 3.8) is 0 Å². The molecular weight excluding hydrogens is 426 g/mol. The number of hydrogen-bond donors (Lipinski definition) is 2. The van der Waals surface area contributed by atoms with Gasteiger partial charge in [-0.2, -0.15) is 0 Å². The molecule has 0 unspecified atom stereocenters. The summed E-state index contributed by atoms with van der Waals surface area (Å²) in [6, 6.07) is 31.0. The molecule has 1 amide bonds. The molecule has 1 aliphatic rings. The first kappa shape index (κ1) is 21.5. The third-order valence-corrected chi connectivity index (χ3v) is 6.16. The normalized spacial score (nSPS) is 12.0. The average Bonchev–Trinajstić information content (AvgIpc) is 3.17. The Kier molecular flexibility index (Phi) is 5.83. The van der Waals surface area contributed by atoms with Crippen LogP contribution in [0.5, 0.6) is 0 Å². The summed E-state index contributed by atoms with van der Waals surface area (Å²) in [6.45, 7) is 0.220. The monoisotopic (exact) mass is 449 g/mol. The number of carbonyl (C=O) groups is 2. The van der Waals surface area contributed by atoms with Crippen LogP contribution in [0, 0.1) is 0 Å². The number of aliphatic carboxylic acids is 1. The number of amides is 1. The number of hydrogen-bond acceptors (Lipinski definition) is 3. The van der Waals surface area contributed by atoms with Crippen molar-refractivity contribution in [1.82, 2.24) is 0 Å². The van der Waals surface area contributed by atoms with Gasteiger partial charge < -0.3 is 9.84 Å². The number of carbonyl (C=O) groups excluding carboxylic acids is 1. The molecule has 4 aromatic carbocycles. The van der Waals surface area contributed by atoms with Gasteiger partial charge in [0.05, 0.1) is 12.1 Å². The maximum absolute atomic E-state index is 12.8. The molecule has 0 fully saturated rings. The minimum Gasteiger partial charge on any atom is -0.481 e. The van der Waals surface area contributed by atoms with Crippen molar-refractivity contribution in [2.24, 2.45) is 0 Å². The summed E-state index contributed by atoms with van der Waals surface area (Å²) in [4.78, 5) is 24.1. The quantitative estimate of drug-likeness (QED) is 0.360. The number of carboxylic acid groups (broad SMARTS) is 1. The molecule has 0 spiro atoms. The molecule has 0 aliphatic heterocycles. The second kappa shape index (κ2) is 9.24. The van der Waals surface area contributed by atoms with E-state index >= 15 is 0 Å². The van der Waals surface area contributed by atoms with E-state index in [-0.39, 0.29) is 18.9 Å². The summed E-state index contributed by atoms with van der Waals surface area (Å²) in [5.41, 5.74) is 7.40. The van der Waals surface area contributed by atoms with Crippen molar-refractivity contribution < 1.29 is 19.4 Å². The fraction of sp³-hybridized carbons (Fsp3) is 0.103. The lowest BCUT2D eigenvalue weighted by Crippen LogP contribution is -2.18. The van der Waals surface area contributed by atoms with Crippen LogP contribution in [-0.4, -0.2) is 23.8 Å². The second-order valence-corrected chi connectivity index (χ2v) is 8.22. The Morgan fingerprint density at radius 2 is 1.24 bits per heavy atom. The van der Waals surface area contributed by atoms with Crippen molar-refractivity contribution in [2.75, 3.05) is 11.9 Å². The summed E-state index contributed by atoms with van der Waals surface area (Å²) in [6.07, 6.45) is -0.653. The van der Waals surface area contributed by atoms with E-state index in [1.165, 1.54) is 11.1 Å². The van der Waals surface area contributed by atoms with Gasteiger partial charge in [-0.3, -0.25) is 10.1 Å². The number of carboxylic acids is 1. The van der Waals surface area contributed by atoms with Gasteiger partial charge in [-0.25, -0.2) is 4.79 Å². The molecule has 0 saturated heterocycles. The molecule has 0 radical (unpaired) electrons. The number of benzene rings is 4. The molecule has 1 aliphatic carbocycles. The van der Waals surface area contributed by atoms with Gasteiger partial charge in [0, 0.05) is 11.5 Å². The second-order valence-electron chi connectivity index (χ2n) is 8.22. The molecule has 4 aromatic rings. The summed E-state index contributed by atoms with van der Waals surface area (Å²) < 4.78 is 5.69. The highest BCUT2D eigenvalue weighted by Gasteiger charge is 2.29. The summed E-state index contributed by atoms with van der Waals surface area (Å²) >= 11 is 0. The van der Waals surface area contributed by atoms with Crippen LogP contribution in [0.4, 0.5) is 10.5 Å². The van der Waals surface area contributed by atoms with Gasteiger partial charge in [-0.15, -0.1) is 0 Å². The maximum atomic E-state index is 12.8. The third kappa shape index (κ3) is 4.16. The fourth-order valence-corrected chi connectivity index (χ4v) is 4.67. The average molecular weight is 450 g/mol. The molecule has 34 heavy (non-hydrogen) atoms. The van der Waals surface area contributed by atoms with Crippen molar-refractivity contribution in [2.45, 2.75) is 12.3 Å². The van der Waals surface area contributed by atoms with Crippen LogP contribution in [0.25, 0.3) is 22.3 Å². The molecule has 0 heterocycles. The van der Waals surface area contributed by atoms with Crippen molar-refractivity contribution in [3.05, 3.63) is 114 Å². The van der Waals surface area contributed by atoms with Crippen molar-refractivity contribution in [1.29, 1.82) is 0 Å². The van der Waals surface area contributed by atoms with Gasteiger partial charge in [-0.1, -0.05) is 91.0 Å². The lowest BCUT2D eigenvalue weighted by atomic mass is 9.96. The molecule has 5 heteroatoms. The number of ether oxygens (including phenoxy) is 1. The van der Waals surface area contributed by atoms with E-state index in [1.54, 1.807) is 12.1 Å². The van der Waals surface area contributed by atoms with Gasteiger partial charge in [0.25, 0.3) is 0 Å². The van der Waals surface area contributed by atoms with E-state index in [0.29, 0.717) is 11.3 Å². The first-order valence-corrected chi connectivity index (χ1v) is 11.1. The first-order chi connectivity index (χ1) is 16.6.